The van der Waals surface area contributed by atoms with Gasteiger partial charge in [0.15, 0.2) is 0 Å². The predicted molar refractivity (Wildman–Crippen MR) is 92.7 cm³/mol. The summed E-state index contributed by atoms with van der Waals surface area (Å²) in [6.45, 7) is 8.87. The topological polar surface area (TPSA) is 102 Å². The first-order valence-electron chi connectivity index (χ1n) is 8.36. The van der Waals surface area contributed by atoms with Gasteiger partial charge in [0.05, 0.1) is 24.6 Å². The SMILES string of the molecule is CCCCS(=O)(=O)N(CC(=O)OCC[NH+](CC)CC)S(=O)(=O)CC. The Labute approximate surface area is 146 Å². The van der Waals surface area contributed by atoms with Crippen molar-refractivity contribution in [3.63, 3.8) is 0 Å². The van der Waals surface area contributed by atoms with Crippen LogP contribution in [-0.2, 0) is 29.6 Å². The Morgan fingerprint density at radius 3 is 2.04 bits per heavy atom. The first kappa shape index (κ1) is 23.3. The molecule has 0 amide bonds. The first-order valence-corrected chi connectivity index (χ1v) is 11.6. The normalized spacial score (nSPS) is 12.8. The second-order valence-corrected chi connectivity index (χ2v) is 9.85. The van der Waals surface area contributed by atoms with Crippen LogP contribution in [-0.4, -0.2) is 70.8 Å². The van der Waals surface area contributed by atoms with Crippen LogP contribution in [0.2, 0.25) is 0 Å². The van der Waals surface area contributed by atoms with Crippen molar-refractivity contribution in [3.05, 3.63) is 0 Å². The molecule has 0 aromatic carbocycles. The van der Waals surface area contributed by atoms with E-state index in [0.29, 0.717) is 23.1 Å². The van der Waals surface area contributed by atoms with E-state index in [1.807, 2.05) is 13.8 Å². The number of nitrogens with zero attached hydrogens (tertiary/aromatic N) is 1. The highest BCUT2D eigenvalue weighted by Crippen LogP contribution is 2.12. The highest BCUT2D eigenvalue weighted by molar-refractivity contribution is 8.04. The molecule has 0 aliphatic carbocycles. The third kappa shape index (κ3) is 7.91. The van der Waals surface area contributed by atoms with E-state index in [0.717, 1.165) is 13.1 Å². The van der Waals surface area contributed by atoms with Crippen molar-refractivity contribution in [2.75, 3.05) is 44.3 Å². The first-order chi connectivity index (χ1) is 11.1. The molecule has 0 heterocycles. The maximum atomic E-state index is 12.2. The summed E-state index contributed by atoms with van der Waals surface area (Å²) in [5.41, 5.74) is 0. The molecule has 0 unspecified atom stereocenters. The van der Waals surface area contributed by atoms with Crippen molar-refractivity contribution in [1.29, 1.82) is 0 Å². The van der Waals surface area contributed by atoms with Gasteiger partial charge in [-0.1, -0.05) is 17.1 Å². The number of carbonyl (C=O) groups is 1. The van der Waals surface area contributed by atoms with Crippen LogP contribution in [0, 0.1) is 0 Å². The molecule has 0 aliphatic rings. The Bertz CT molecular complexity index is 570. The average molecular weight is 388 g/mol. The number of nitrogens with one attached hydrogen (secondary N) is 1. The van der Waals surface area contributed by atoms with E-state index >= 15 is 0 Å². The number of esters is 1. The Morgan fingerprint density at radius 2 is 1.58 bits per heavy atom. The number of quaternary nitrogens is 1. The average Bonchev–Trinajstić information content (AvgIpc) is 2.54. The van der Waals surface area contributed by atoms with Crippen molar-refractivity contribution >= 4 is 26.0 Å². The zero-order chi connectivity index (χ0) is 18.8. The number of carbonyl (C=O) groups excluding carboxylic acids is 1. The van der Waals surface area contributed by atoms with Crippen molar-refractivity contribution in [2.45, 2.75) is 40.5 Å². The van der Waals surface area contributed by atoms with Gasteiger partial charge in [-0.25, -0.2) is 16.8 Å². The van der Waals surface area contributed by atoms with Gasteiger partial charge in [-0.05, 0) is 27.2 Å². The molecule has 10 heteroatoms. The van der Waals surface area contributed by atoms with Crippen LogP contribution in [0.3, 0.4) is 0 Å². The standard InChI is InChI=1S/C14H30N2O6S2/c1-5-9-12-24(20,21)16(23(18,19)8-4)13-14(17)22-11-10-15(6-2)7-3/h5-13H2,1-4H3/p+1. The summed E-state index contributed by atoms with van der Waals surface area (Å²) in [5, 5.41) is 0. The summed E-state index contributed by atoms with van der Waals surface area (Å²) in [6, 6.07) is 0. The smallest absolute Gasteiger partial charge is 0.322 e. The van der Waals surface area contributed by atoms with Crippen LogP contribution < -0.4 is 4.90 Å². The van der Waals surface area contributed by atoms with E-state index in [2.05, 4.69) is 0 Å². The molecule has 0 bridgehead atoms. The third-order valence-corrected chi connectivity index (χ3v) is 8.11. The lowest BCUT2D eigenvalue weighted by molar-refractivity contribution is -0.896. The molecule has 144 valence electrons. The fourth-order valence-corrected chi connectivity index (χ4v) is 5.68. The predicted octanol–water partition coefficient (Wildman–Crippen LogP) is -0.764. The van der Waals surface area contributed by atoms with E-state index in [-0.39, 0.29) is 12.4 Å². The van der Waals surface area contributed by atoms with Gasteiger partial charge in [0, 0.05) is 0 Å². The number of hydrogen-bond donors (Lipinski definition) is 1. The van der Waals surface area contributed by atoms with Crippen molar-refractivity contribution < 1.29 is 31.3 Å². The van der Waals surface area contributed by atoms with Gasteiger partial charge < -0.3 is 9.64 Å². The number of rotatable bonds is 13. The number of likely N-dealkylation sites (N-methyl/N-ethyl adjacent to an activating group) is 1. The maximum absolute atomic E-state index is 12.2. The fraction of sp³-hybridized carbons (Fsp3) is 0.929. The number of sulfonamides is 2. The largest absolute Gasteiger partial charge is 0.459 e. The zero-order valence-corrected chi connectivity index (χ0v) is 16.7. The molecular weight excluding hydrogens is 356 g/mol. The Kier molecular flexibility index (Phi) is 10.7. The Hall–Kier alpha value is -0.710. The van der Waals surface area contributed by atoms with Crippen molar-refractivity contribution in [3.8, 4) is 0 Å². The summed E-state index contributed by atoms with van der Waals surface area (Å²) >= 11 is 0. The summed E-state index contributed by atoms with van der Waals surface area (Å²) in [6.07, 6.45) is 0.939. The van der Waals surface area contributed by atoms with Crippen LogP contribution in [0.1, 0.15) is 40.5 Å². The van der Waals surface area contributed by atoms with E-state index in [1.165, 1.54) is 11.8 Å². The second-order valence-electron chi connectivity index (χ2n) is 5.43. The van der Waals surface area contributed by atoms with Gasteiger partial charge in [0.1, 0.15) is 19.7 Å². The molecule has 0 rings (SSSR count). The number of hydrogen-bond acceptors (Lipinski definition) is 6. The summed E-state index contributed by atoms with van der Waals surface area (Å²) in [4.78, 5) is 13.1. The van der Waals surface area contributed by atoms with Gasteiger partial charge in [-0.2, -0.15) is 0 Å². The van der Waals surface area contributed by atoms with E-state index in [9.17, 15) is 21.6 Å². The summed E-state index contributed by atoms with van der Waals surface area (Å²) in [7, 11) is -8.12. The van der Waals surface area contributed by atoms with Gasteiger partial charge in [-0.3, -0.25) is 4.79 Å². The maximum Gasteiger partial charge on any atom is 0.322 e. The lowest BCUT2D eigenvalue weighted by Gasteiger charge is -2.21. The minimum absolute atomic E-state index is 0.130. The third-order valence-electron chi connectivity index (χ3n) is 3.72. The van der Waals surface area contributed by atoms with E-state index < -0.39 is 38.3 Å². The fourth-order valence-electron chi connectivity index (χ4n) is 2.01. The van der Waals surface area contributed by atoms with Crippen molar-refractivity contribution in [2.24, 2.45) is 0 Å². The molecule has 0 saturated heterocycles. The second kappa shape index (κ2) is 11.0. The van der Waals surface area contributed by atoms with Crippen LogP contribution in [0.4, 0.5) is 0 Å². The molecule has 0 aromatic heterocycles. The lowest BCUT2D eigenvalue weighted by atomic mass is 10.4. The van der Waals surface area contributed by atoms with Gasteiger partial charge in [-0.15, -0.1) is 0 Å². The summed E-state index contributed by atoms with van der Waals surface area (Å²) in [5.74, 6) is -1.55. The van der Waals surface area contributed by atoms with Crippen LogP contribution in [0.15, 0.2) is 0 Å². The quantitative estimate of drug-likeness (QED) is 0.417. The lowest BCUT2D eigenvalue weighted by Crippen LogP contribution is -3.11. The van der Waals surface area contributed by atoms with Crippen LogP contribution in [0.25, 0.3) is 0 Å². The number of ether oxygens (including phenoxy) is 1. The van der Waals surface area contributed by atoms with Crippen LogP contribution in [0.5, 0.6) is 0 Å². The molecule has 24 heavy (non-hydrogen) atoms. The monoisotopic (exact) mass is 387 g/mol. The summed E-state index contributed by atoms with van der Waals surface area (Å²) < 4.78 is 53.9. The molecule has 1 N–H and O–H groups in total. The Morgan fingerprint density at radius 1 is 1.00 bits per heavy atom. The Balaban J connectivity index is 4.93. The minimum atomic E-state index is -4.06. The van der Waals surface area contributed by atoms with E-state index in [4.69, 9.17) is 4.74 Å². The molecule has 8 nitrogen and oxygen atoms in total. The van der Waals surface area contributed by atoms with Gasteiger partial charge >= 0.3 is 5.97 Å². The molecule has 0 radical (unpaired) electrons. The minimum Gasteiger partial charge on any atom is -0.459 e. The van der Waals surface area contributed by atoms with E-state index in [1.54, 1.807) is 6.92 Å². The molecular formula is C14H31N2O6S2+. The van der Waals surface area contributed by atoms with Crippen LogP contribution >= 0.6 is 0 Å². The number of unbranched alkanes of at least 4 members (excludes halogenated alkanes) is 1. The molecule has 0 atom stereocenters. The highest BCUT2D eigenvalue weighted by Gasteiger charge is 2.34. The highest BCUT2D eigenvalue weighted by atomic mass is 32.3. The van der Waals surface area contributed by atoms with Gasteiger partial charge in [0.2, 0.25) is 20.0 Å². The van der Waals surface area contributed by atoms with Crippen molar-refractivity contribution in [1.82, 2.24) is 3.71 Å². The molecule has 0 saturated carbocycles. The molecule has 0 spiro atoms. The zero-order valence-electron chi connectivity index (χ0n) is 15.1. The molecule has 0 fully saturated rings. The molecule has 0 aliphatic heterocycles. The van der Waals surface area contributed by atoms with Gasteiger partial charge in [0.25, 0.3) is 0 Å². The molecule has 0 aromatic rings.